The first-order chi connectivity index (χ1) is 10.4. The van der Waals surface area contributed by atoms with E-state index in [0.29, 0.717) is 11.5 Å². The smallest absolute Gasteiger partial charge is 0.337 e. The number of carboxylic acid groups (broad SMARTS) is 1. The Hall–Kier alpha value is -0.910. The van der Waals surface area contributed by atoms with E-state index in [1.165, 1.54) is 4.88 Å². The minimum atomic E-state index is -0.748. The van der Waals surface area contributed by atoms with Crippen molar-refractivity contribution in [3.05, 3.63) is 20.9 Å². The van der Waals surface area contributed by atoms with Gasteiger partial charge in [-0.1, -0.05) is 13.8 Å². The second-order valence-corrected chi connectivity index (χ2v) is 8.64. The van der Waals surface area contributed by atoms with E-state index >= 15 is 0 Å². The van der Waals surface area contributed by atoms with Crippen molar-refractivity contribution in [1.82, 2.24) is 0 Å². The number of rotatable bonds is 3. The number of carboxylic acids is 1. The first-order valence-corrected chi connectivity index (χ1v) is 8.96. The summed E-state index contributed by atoms with van der Waals surface area (Å²) in [5, 5.41) is 9.77. The van der Waals surface area contributed by atoms with Crippen molar-refractivity contribution in [2.24, 2.45) is 11.3 Å². The summed E-state index contributed by atoms with van der Waals surface area (Å²) in [6.45, 7) is 4.48. The molecule has 5 heteroatoms. The van der Waals surface area contributed by atoms with Crippen LogP contribution in [-0.2, 0) is 17.7 Å². The molecule has 2 aliphatic rings. The third-order valence-electron chi connectivity index (χ3n) is 5.25. The Balaban J connectivity index is 1.92. The van der Waals surface area contributed by atoms with Gasteiger partial charge in [0.2, 0.25) is 0 Å². The number of carbonyl (C=O) groups is 1. The van der Waals surface area contributed by atoms with E-state index in [1.807, 2.05) is 0 Å². The molecule has 1 aromatic heterocycles. The van der Waals surface area contributed by atoms with E-state index < -0.39 is 5.97 Å². The van der Waals surface area contributed by atoms with Crippen LogP contribution in [0.25, 0.3) is 0 Å². The van der Waals surface area contributed by atoms with Gasteiger partial charge in [-0.2, -0.15) is 0 Å². The predicted octanol–water partition coefficient (Wildman–Crippen LogP) is 3.88. The Bertz CT molecular complexity index is 571. The van der Waals surface area contributed by atoms with Gasteiger partial charge in [-0.05, 0) is 61.8 Å². The van der Waals surface area contributed by atoms with E-state index in [4.69, 9.17) is 10.7 Å². The predicted molar refractivity (Wildman–Crippen MR) is 87.4 cm³/mol. The van der Waals surface area contributed by atoms with Crippen LogP contribution < -0.4 is 5.90 Å². The van der Waals surface area contributed by atoms with Crippen LogP contribution in [0.15, 0.2) is 0 Å². The maximum atomic E-state index is 11.9. The zero-order valence-corrected chi connectivity index (χ0v) is 14.2. The molecule has 0 aromatic carbocycles. The molecule has 0 atom stereocenters. The van der Waals surface area contributed by atoms with Gasteiger partial charge in [0.1, 0.15) is 0 Å². The van der Waals surface area contributed by atoms with Gasteiger partial charge >= 0.3 is 5.97 Å². The normalized spacial score (nSPS) is 27.4. The van der Waals surface area contributed by atoms with Gasteiger partial charge in [0.25, 0.3) is 0 Å². The van der Waals surface area contributed by atoms with Crippen molar-refractivity contribution < 1.29 is 14.7 Å². The Kier molecular flexibility index (Phi) is 4.32. The number of aryl methyl sites for hydroxylation is 1. The molecule has 1 heterocycles. The van der Waals surface area contributed by atoms with Crippen molar-refractivity contribution in [2.75, 3.05) is 0 Å². The summed E-state index contributed by atoms with van der Waals surface area (Å²) in [7, 11) is 0. The summed E-state index contributed by atoms with van der Waals surface area (Å²) in [5.74, 6) is 4.89. The number of hydrogen-bond acceptors (Lipinski definition) is 4. The molecule has 3 N–H and O–H groups in total. The van der Waals surface area contributed by atoms with Gasteiger partial charge in [-0.15, -0.1) is 11.3 Å². The van der Waals surface area contributed by atoms with Crippen LogP contribution in [0.5, 0.6) is 0 Å². The van der Waals surface area contributed by atoms with Crippen molar-refractivity contribution >= 4 is 17.3 Å². The maximum absolute atomic E-state index is 11.9. The SMILES string of the molecule is CC1(C)CCc2sc([C@H]3CC[C@@H](ON)CC3)c(C(=O)O)c2C1. The van der Waals surface area contributed by atoms with Gasteiger partial charge < -0.3 is 9.94 Å². The van der Waals surface area contributed by atoms with Gasteiger partial charge in [0.15, 0.2) is 0 Å². The van der Waals surface area contributed by atoms with Gasteiger partial charge in [0.05, 0.1) is 11.7 Å². The van der Waals surface area contributed by atoms with E-state index in [-0.39, 0.29) is 11.5 Å². The molecule has 4 nitrogen and oxygen atoms in total. The zero-order chi connectivity index (χ0) is 15.9. The van der Waals surface area contributed by atoms with Crippen LogP contribution in [0, 0.1) is 5.41 Å². The summed E-state index contributed by atoms with van der Waals surface area (Å²) in [6, 6.07) is 0. The van der Waals surface area contributed by atoms with Crippen molar-refractivity contribution in [1.29, 1.82) is 0 Å². The average molecular weight is 323 g/mol. The fourth-order valence-corrected chi connectivity index (χ4v) is 5.41. The summed E-state index contributed by atoms with van der Waals surface area (Å²) >= 11 is 1.75. The lowest BCUT2D eigenvalue weighted by atomic mass is 9.75. The molecule has 0 amide bonds. The van der Waals surface area contributed by atoms with Crippen LogP contribution in [-0.4, -0.2) is 17.2 Å². The second-order valence-electron chi connectivity index (χ2n) is 7.50. The van der Waals surface area contributed by atoms with Crippen LogP contribution in [0.4, 0.5) is 0 Å². The molecule has 0 aliphatic heterocycles. The maximum Gasteiger partial charge on any atom is 0.337 e. The molecule has 2 aliphatic carbocycles. The minimum Gasteiger partial charge on any atom is -0.478 e. The highest BCUT2D eigenvalue weighted by Gasteiger charge is 2.35. The largest absolute Gasteiger partial charge is 0.478 e. The van der Waals surface area contributed by atoms with Crippen molar-refractivity contribution in [3.63, 3.8) is 0 Å². The lowest BCUT2D eigenvalue weighted by Gasteiger charge is -2.29. The molecule has 122 valence electrons. The van der Waals surface area contributed by atoms with Gasteiger partial charge in [-0.25, -0.2) is 10.7 Å². The van der Waals surface area contributed by atoms with Crippen LogP contribution in [0.2, 0.25) is 0 Å². The quantitative estimate of drug-likeness (QED) is 0.828. The molecular weight excluding hydrogens is 298 g/mol. The molecule has 0 unspecified atom stereocenters. The monoisotopic (exact) mass is 323 g/mol. The topological polar surface area (TPSA) is 72.5 Å². The fraction of sp³-hybridized carbons (Fsp3) is 0.706. The molecule has 0 radical (unpaired) electrons. The molecule has 1 aromatic rings. The highest BCUT2D eigenvalue weighted by atomic mass is 32.1. The van der Waals surface area contributed by atoms with Gasteiger partial charge in [0, 0.05) is 9.75 Å². The highest BCUT2D eigenvalue weighted by molar-refractivity contribution is 7.12. The molecule has 1 fully saturated rings. The van der Waals surface area contributed by atoms with E-state index in [1.54, 1.807) is 11.3 Å². The number of hydrogen-bond donors (Lipinski definition) is 2. The van der Waals surface area contributed by atoms with E-state index in [9.17, 15) is 9.90 Å². The molecule has 3 rings (SSSR count). The third-order valence-corrected chi connectivity index (χ3v) is 6.71. The average Bonchev–Trinajstić information content (AvgIpc) is 2.84. The number of nitrogens with two attached hydrogens (primary N) is 1. The van der Waals surface area contributed by atoms with Gasteiger partial charge in [-0.3, -0.25) is 0 Å². The lowest BCUT2D eigenvalue weighted by molar-refractivity contribution is 0.0242. The summed E-state index contributed by atoms with van der Waals surface area (Å²) in [4.78, 5) is 19.3. The molecule has 0 saturated heterocycles. The molecule has 0 spiro atoms. The number of fused-ring (bicyclic) bond motifs is 1. The molecule has 0 bridgehead atoms. The lowest BCUT2D eigenvalue weighted by Crippen LogP contribution is -2.24. The first kappa shape index (κ1) is 16.0. The highest BCUT2D eigenvalue weighted by Crippen LogP contribution is 2.46. The summed E-state index contributed by atoms with van der Waals surface area (Å²) < 4.78 is 0. The number of aromatic carboxylic acids is 1. The molecule has 1 saturated carbocycles. The summed E-state index contributed by atoms with van der Waals surface area (Å²) in [5.41, 5.74) is 1.94. The molecular formula is C17H25NO3S. The Morgan fingerprint density at radius 3 is 2.59 bits per heavy atom. The molecule has 22 heavy (non-hydrogen) atoms. The Morgan fingerprint density at radius 1 is 1.32 bits per heavy atom. The van der Waals surface area contributed by atoms with Crippen LogP contribution >= 0.6 is 11.3 Å². The summed E-state index contributed by atoms with van der Waals surface area (Å²) in [6.07, 6.45) is 7.00. The van der Waals surface area contributed by atoms with Crippen LogP contribution in [0.3, 0.4) is 0 Å². The fourth-order valence-electron chi connectivity index (χ4n) is 3.92. The zero-order valence-electron chi connectivity index (χ0n) is 13.4. The van der Waals surface area contributed by atoms with E-state index in [0.717, 1.165) is 55.4 Å². The Morgan fingerprint density at radius 2 is 2.00 bits per heavy atom. The number of thiophene rings is 1. The van der Waals surface area contributed by atoms with Crippen molar-refractivity contribution in [2.45, 2.75) is 70.8 Å². The first-order valence-electron chi connectivity index (χ1n) is 8.14. The van der Waals surface area contributed by atoms with Crippen molar-refractivity contribution in [3.8, 4) is 0 Å². The second kappa shape index (κ2) is 5.95. The van der Waals surface area contributed by atoms with Crippen LogP contribution in [0.1, 0.15) is 77.5 Å². The van der Waals surface area contributed by atoms with E-state index in [2.05, 4.69) is 13.8 Å². The standard InChI is InChI=1S/C17H25NO3S/c1-17(2)8-7-13-12(9-17)14(16(19)20)15(22-13)10-3-5-11(21-18)6-4-10/h10-11H,3-9,18H2,1-2H3,(H,19,20)/t10-,11+. The minimum absolute atomic E-state index is 0.137. The third kappa shape index (κ3) is 2.94. The Labute approximate surface area is 135 Å².